The number of nitrogens with zero attached hydrogens (tertiary/aromatic N) is 2. The third-order valence-corrected chi connectivity index (χ3v) is 3.12. The van der Waals surface area contributed by atoms with Crippen LogP contribution in [0.1, 0.15) is 33.3 Å². The summed E-state index contributed by atoms with van der Waals surface area (Å²) in [4.78, 5) is 9.23. The summed E-state index contributed by atoms with van der Waals surface area (Å²) in [5.74, 6) is 1.35. The number of nitrogens with two attached hydrogens (primary N) is 1. The molecule has 3 heteroatoms. The number of benzene rings is 1. The van der Waals surface area contributed by atoms with E-state index >= 15 is 0 Å². The highest BCUT2D eigenvalue weighted by Crippen LogP contribution is 2.13. The second-order valence-corrected chi connectivity index (χ2v) is 5.27. The van der Waals surface area contributed by atoms with Crippen LogP contribution in [0.3, 0.4) is 0 Å². The van der Waals surface area contributed by atoms with E-state index in [-0.39, 0.29) is 5.92 Å². The molecule has 0 aliphatic heterocycles. The zero-order valence-corrected chi connectivity index (χ0v) is 13.9. The lowest BCUT2D eigenvalue weighted by Crippen LogP contribution is -2.21. The molecule has 1 aromatic carbocycles. The average molecular weight is 295 g/mol. The lowest BCUT2D eigenvalue weighted by molar-refractivity contribution is 0.874. The molecule has 0 bridgehead atoms. The second kappa shape index (κ2) is 8.78. The van der Waals surface area contributed by atoms with Crippen LogP contribution in [0.2, 0.25) is 0 Å². The lowest BCUT2D eigenvalue weighted by atomic mass is 10.1. The van der Waals surface area contributed by atoms with Crippen molar-refractivity contribution in [3.63, 3.8) is 0 Å². The summed E-state index contributed by atoms with van der Waals surface area (Å²) < 4.78 is 0. The molecule has 1 aromatic rings. The van der Waals surface area contributed by atoms with Gasteiger partial charge in [0.15, 0.2) is 5.84 Å². The maximum atomic E-state index is 6.03. The minimum Gasteiger partial charge on any atom is -0.387 e. The van der Waals surface area contributed by atoms with Gasteiger partial charge in [0.1, 0.15) is 5.84 Å². The van der Waals surface area contributed by atoms with Gasteiger partial charge < -0.3 is 5.73 Å². The molecule has 0 heterocycles. The minimum atomic E-state index is 0.170. The SMILES string of the molecule is C=C/C(C)=C(\C=C/C)N=C(N=C(N)C(C)C)c1ccccc1. The van der Waals surface area contributed by atoms with Crippen LogP contribution >= 0.6 is 0 Å². The van der Waals surface area contributed by atoms with Gasteiger partial charge in [-0.2, -0.15) is 0 Å². The van der Waals surface area contributed by atoms with Crippen LogP contribution < -0.4 is 5.73 Å². The number of hydrogen-bond donors (Lipinski definition) is 1. The van der Waals surface area contributed by atoms with Gasteiger partial charge in [-0.3, -0.25) is 0 Å². The Morgan fingerprint density at radius 3 is 2.32 bits per heavy atom. The minimum absolute atomic E-state index is 0.170. The molecular weight excluding hydrogens is 270 g/mol. The topological polar surface area (TPSA) is 50.7 Å². The molecule has 0 unspecified atom stereocenters. The van der Waals surface area contributed by atoms with Crippen molar-refractivity contribution in [2.24, 2.45) is 21.6 Å². The van der Waals surface area contributed by atoms with Crippen molar-refractivity contribution in [3.05, 3.63) is 72.0 Å². The number of rotatable bonds is 5. The molecule has 0 amide bonds. The molecule has 0 spiro atoms. The zero-order chi connectivity index (χ0) is 16.5. The van der Waals surface area contributed by atoms with E-state index in [9.17, 15) is 0 Å². The van der Waals surface area contributed by atoms with Gasteiger partial charge in [0.05, 0.1) is 5.70 Å². The molecule has 1 rings (SSSR count). The molecule has 0 saturated carbocycles. The van der Waals surface area contributed by atoms with E-state index < -0.39 is 0 Å². The molecule has 116 valence electrons. The van der Waals surface area contributed by atoms with Crippen molar-refractivity contribution < 1.29 is 0 Å². The fourth-order valence-electron chi connectivity index (χ4n) is 1.63. The van der Waals surface area contributed by atoms with Gasteiger partial charge in [-0.1, -0.05) is 62.9 Å². The van der Waals surface area contributed by atoms with Crippen molar-refractivity contribution in [3.8, 4) is 0 Å². The van der Waals surface area contributed by atoms with Gasteiger partial charge in [-0.05, 0) is 25.5 Å². The van der Waals surface area contributed by atoms with Gasteiger partial charge >= 0.3 is 0 Å². The normalized spacial score (nSPS) is 14.4. The third-order valence-electron chi connectivity index (χ3n) is 3.12. The van der Waals surface area contributed by atoms with Crippen LogP contribution in [-0.2, 0) is 0 Å². The van der Waals surface area contributed by atoms with Crippen molar-refractivity contribution in [2.75, 3.05) is 0 Å². The van der Waals surface area contributed by atoms with Gasteiger partial charge in [0.25, 0.3) is 0 Å². The molecule has 22 heavy (non-hydrogen) atoms. The first-order valence-corrected chi connectivity index (χ1v) is 7.43. The Morgan fingerprint density at radius 2 is 1.82 bits per heavy atom. The van der Waals surface area contributed by atoms with E-state index in [0.29, 0.717) is 11.7 Å². The molecule has 0 fully saturated rings. The number of amidine groups is 2. The fourth-order valence-corrected chi connectivity index (χ4v) is 1.63. The highest BCUT2D eigenvalue weighted by atomic mass is 15.0. The van der Waals surface area contributed by atoms with E-state index in [4.69, 9.17) is 10.7 Å². The summed E-state index contributed by atoms with van der Waals surface area (Å²) in [6.45, 7) is 11.8. The van der Waals surface area contributed by atoms with Crippen LogP contribution in [0.15, 0.2) is 76.4 Å². The van der Waals surface area contributed by atoms with Crippen molar-refractivity contribution in [2.45, 2.75) is 27.7 Å². The first kappa shape index (κ1) is 17.6. The van der Waals surface area contributed by atoms with Gasteiger partial charge in [0, 0.05) is 11.5 Å². The molecule has 3 nitrogen and oxygen atoms in total. The Morgan fingerprint density at radius 1 is 1.18 bits per heavy atom. The number of aliphatic imine (C=N–C) groups is 2. The van der Waals surface area contributed by atoms with E-state index in [0.717, 1.165) is 16.8 Å². The third kappa shape index (κ3) is 5.17. The molecule has 0 aliphatic carbocycles. The van der Waals surface area contributed by atoms with Gasteiger partial charge in [0.2, 0.25) is 0 Å². The Balaban J connectivity index is 3.47. The summed E-state index contributed by atoms with van der Waals surface area (Å²) in [6, 6.07) is 9.85. The molecular formula is C19H25N3. The maximum Gasteiger partial charge on any atom is 0.161 e. The van der Waals surface area contributed by atoms with Crippen LogP contribution in [0.25, 0.3) is 0 Å². The number of hydrogen-bond acceptors (Lipinski definition) is 1. The van der Waals surface area contributed by atoms with Crippen molar-refractivity contribution in [1.29, 1.82) is 0 Å². The van der Waals surface area contributed by atoms with Crippen LogP contribution in [0.5, 0.6) is 0 Å². The van der Waals surface area contributed by atoms with E-state index in [2.05, 4.69) is 11.6 Å². The average Bonchev–Trinajstić information content (AvgIpc) is 2.53. The summed E-state index contributed by atoms with van der Waals surface area (Å²) in [6.07, 6.45) is 5.68. The molecule has 0 atom stereocenters. The van der Waals surface area contributed by atoms with Crippen LogP contribution in [0, 0.1) is 5.92 Å². The Kier molecular flexibility index (Phi) is 7.03. The molecule has 0 radical (unpaired) electrons. The fraction of sp³-hybridized carbons (Fsp3) is 0.263. The Labute approximate surface area is 133 Å². The van der Waals surface area contributed by atoms with Crippen LogP contribution in [-0.4, -0.2) is 11.7 Å². The summed E-state index contributed by atoms with van der Waals surface area (Å²) in [7, 11) is 0. The Bertz CT molecular complexity index is 617. The quantitative estimate of drug-likeness (QED) is 0.486. The van der Waals surface area contributed by atoms with Gasteiger partial charge in [-0.15, -0.1) is 0 Å². The second-order valence-electron chi connectivity index (χ2n) is 5.27. The van der Waals surface area contributed by atoms with E-state index in [1.165, 1.54) is 0 Å². The van der Waals surface area contributed by atoms with E-state index in [1.54, 1.807) is 6.08 Å². The summed E-state index contributed by atoms with van der Waals surface area (Å²) >= 11 is 0. The molecule has 2 N–H and O–H groups in total. The Hall–Kier alpha value is -2.42. The molecule has 0 saturated heterocycles. The van der Waals surface area contributed by atoms with Crippen LogP contribution in [0.4, 0.5) is 0 Å². The van der Waals surface area contributed by atoms with E-state index in [1.807, 2.05) is 70.2 Å². The summed E-state index contributed by atoms with van der Waals surface area (Å²) in [5, 5.41) is 0. The largest absolute Gasteiger partial charge is 0.387 e. The highest BCUT2D eigenvalue weighted by Gasteiger charge is 2.07. The molecule has 0 aliphatic rings. The highest BCUT2D eigenvalue weighted by molar-refractivity contribution is 6.07. The molecule has 0 aromatic heterocycles. The smallest absolute Gasteiger partial charge is 0.161 e. The first-order valence-electron chi connectivity index (χ1n) is 7.43. The zero-order valence-electron chi connectivity index (χ0n) is 13.9. The predicted octanol–water partition coefficient (Wildman–Crippen LogP) is 4.48. The maximum absolute atomic E-state index is 6.03. The first-order chi connectivity index (χ1) is 10.5. The van der Waals surface area contributed by atoms with Crippen molar-refractivity contribution in [1.82, 2.24) is 0 Å². The standard InChI is InChI=1S/C19H25N3/c1-6-11-17(15(5)7-2)21-19(22-18(20)14(3)4)16-12-9-8-10-13-16/h6-14H,2H2,1,3-5H3,(H2,20,21,22)/b11-6-,17-15+. The number of allylic oxidation sites excluding steroid dienone is 4. The summed E-state index contributed by atoms with van der Waals surface area (Å²) in [5.41, 5.74) is 8.78. The lowest BCUT2D eigenvalue weighted by Gasteiger charge is -2.08. The van der Waals surface area contributed by atoms with Crippen molar-refractivity contribution >= 4 is 11.7 Å². The monoisotopic (exact) mass is 295 g/mol. The van der Waals surface area contributed by atoms with Gasteiger partial charge in [-0.25, -0.2) is 9.98 Å². The predicted molar refractivity (Wildman–Crippen MR) is 97.2 cm³/mol.